The molecule has 5 rings (SSSR count). The van der Waals surface area contributed by atoms with E-state index >= 15 is 0 Å². The fourth-order valence-corrected chi connectivity index (χ4v) is 4.72. The number of aromatic amines is 1. The zero-order chi connectivity index (χ0) is 24.4. The van der Waals surface area contributed by atoms with Crippen molar-refractivity contribution >= 4 is 39.5 Å². The molecule has 1 aromatic heterocycles. The van der Waals surface area contributed by atoms with Crippen LogP contribution in [0.4, 0.5) is 16.2 Å². The highest BCUT2D eigenvalue weighted by atomic mass is 32.1. The number of hydrogen-bond donors (Lipinski definition) is 3. The molecule has 0 unspecified atom stereocenters. The van der Waals surface area contributed by atoms with Gasteiger partial charge in [-0.05, 0) is 51.7 Å². The number of carbonyl (C=O) groups is 1. The molecule has 1 heterocycles. The molecular formula is C28H23N3O3S. The lowest BCUT2D eigenvalue weighted by molar-refractivity contribution is 0.258. The molecule has 0 bridgehead atoms. The number of nitrogens with one attached hydrogen (secondary N) is 2. The van der Waals surface area contributed by atoms with E-state index in [4.69, 9.17) is 0 Å². The molecule has 0 aliphatic heterocycles. The van der Waals surface area contributed by atoms with Crippen LogP contribution in [0.3, 0.4) is 0 Å². The van der Waals surface area contributed by atoms with E-state index in [-0.39, 0.29) is 16.8 Å². The number of nitrogens with zero attached hydrogens (tertiary/aromatic N) is 1. The van der Waals surface area contributed by atoms with Crippen molar-refractivity contribution in [1.29, 1.82) is 0 Å². The third kappa shape index (κ3) is 4.95. The maximum Gasteiger partial charge on any atom is 0.326 e. The molecular weight excluding hydrogens is 458 g/mol. The predicted octanol–water partition coefficient (Wildman–Crippen LogP) is 6.22. The summed E-state index contributed by atoms with van der Waals surface area (Å²) in [7, 11) is 1.74. The molecule has 174 valence electrons. The van der Waals surface area contributed by atoms with Gasteiger partial charge in [-0.3, -0.25) is 14.7 Å². The molecule has 0 aliphatic rings. The minimum absolute atomic E-state index is 0.0678. The van der Waals surface area contributed by atoms with E-state index in [9.17, 15) is 14.7 Å². The van der Waals surface area contributed by atoms with Gasteiger partial charge >= 0.3 is 10.9 Å². The molecule has 0 saturated heterocycles. The average molecular weight is 482 g/mol. The summed E-state index contributed by atoms with van der Waals surface area (Å²) >= 11 is 1.01. The van der Waals surface area contributed by atoms with E-state index in [0.29, 0.717) is 11.3 Å². The first-order valence-corrected chi connectivity index (χ1v) is 11.9. The van der Waals surface area contributed by atoms with Crippen LogP contribution in [-0.2, 0) is 6.42 Å². The van der Waals surface area contributed by atoms with Gasteiger partial charge in [0.2, 0.25) is 5.88 Å². The number of aromatic nitrogens is 1. The third-order valence-electron chi connectivity index (χ3n) is 5.89. The Bertz CT molecular complexity index is 1570. The van der Waals surface area contributed by atoms with E-state index in [0.717, 1.165) is 50.2 Å². The van der Waals surface area contributed by atoms with E-state index < -0.39 is 0 Å². The van der Waals surface area contributed by atoms with Crippen molar-refractivity contribution in [3.8, 4) is 17.0 Å². The second-order valence-electron chi connectivity index (χ2n) is 8.26. The average Bonchev–Trinajstić information content (AvgIpc) is 3.20. The molecule has 0 saturated carbocycles. The minimum Gasteiger partial charge on any atom is -0.494 e. The summed E-state index contributed by atoms with van der Waals surface area (Å²) in [5.74, 6) is -0.0678. The van der Waals surface area contributed by atoms with Gasteiger partial charge in [0.25, 0.3) is 0 Å². The number of H-pyrrole nitrogens is 1. The van der Waals surface area contributed by atoms with Gasteiger partial charge in [0.1, 0.15) is 0 Å². The Kier molecular flexibility index (Phi) is 6.08. The van der Waals surface area contributed by atoms with E-state index in [1.54, 1.807) is 11.9 Å². The standard InChI is InChI=1S/C28H23N3O3S/c1-31(27(33)29-23-14-13-19-5-2-3-6-21(19)16-23)24-8-4-7-22(17-24)20-11-9-18(10-12-20)15-25-26(32)30-28(34)35-25/h2-14,16-17,32H,15H2,1H3,(H,29,33)(H,30,34). The molecule has 7 heteroatoms. The molecule has 5 aromatic rings. The largest absolute Gasteiger partial charge is 0.494 e. The molecule has 2 amide bonds. The molecule has 6 nitrogen and oxygen atoms in total. The summed E-state index contributed by atoms with van der Waals surface area (Å²) in [5, 5.41) is 15.0. The first-order chi connectivity index (χ1) is 17.0. The van der Waals surface area contributed by atoms with Crippen LogP contribution < -0.4 is 15.1 Å². The predicted molar refractivity (Wildman–Crippen MR) is 143 cm³/mol. The van der Waals surface area contributed by atoms with Crippen molar-refractivity contribution in [2.24, 2.45) is 0 Å². The lowest BCUT2D eigenvalue weighted by atomic mass is 10.0. The fraction of sp³-hybridized carbons (Fsp3) is 0.0714. The number of rotatable bonds is 5. The number of anilines is 2. The zero-order valence-electron chi connectivity index (χ0n) is 19.0. The SMILES string of the molecule is CN(C(=O)Nc1ccc2ccccc2c1)c1cccc(-c2ccc(Cc3sc(=O)[nH]c3O)cc2)c1. The highest BCUT2D eigenvalue weighted by Gasteiger charge is 2.13. The Morgan fingerprint density at radius 3 is 2.43 bits per heavy atom. The van der Waals surface area contributed by atoms with Crippen LogP contribution in [0.2, 0.25) is 0 Å². The van der Waals surface area contributed by atoms with Crippen molar-refractivity contribution in [3.63, 3.8) is 0 Å². The van der Waals surface area contributed by atoms with Crippen LogP contribution in [-0.4, -0.2) is 23.2 Å². The highest BCUT2D eigenvalue weighted by Crippen LogP contribution is 2.27. The third-order valence-corrected chi connectivity index (χ3v) is 6.76. The van der Waals surface area contributed by atoms with Crippen LogP contribution in [0.15, 0.2) is 95.8 Å². The van der Waals surface area contributed by atoms with Crippen molar-refractivity contribution in [2.75, 3.05) is 17.3 Å². The fourth-order valence-electron chi connectivity index (χ4n) is 3.96. The number of thiazole rings is 1. The number of urea groups is 1. The van der Waals surface area contributed by atoms with Gasteiger partial charge in [-0.15, -0.1) is 0 Å². The number of aromatic hydroxyl groups is 1. The van der Waals surface area contributed by atoms with Crippen molar-refractivity contribution < 1.29 is 9.90 Å². The summed E-state index contributed by atoms with van der Waals surface area (Å²) in [4.78, 5) is 28.6. The van der Waals surface area contributed by atoms with E-state index in [2.05, 4.69) is 10.3 Å². The molecule has 0 radical (unpaired) electrons. The summed E-state index contributed by atoms with van der Waals surface area (Å²) in [6, 6.07) is 29.4. The smallest absolute Gasteiger partial charge is 0.326 e. The Labute approximate surface area is 206 Å². The monoisotopic (exact) mass is 481 g/mol. The summed E-state index contributed by atoms with van der Waals surface area (Å²) in [6.45, 7) is 0. The van der Waals surface area contributed by atoms with Crippen LogP contribution in [0.25, 0.3) is 21.9 Å². The zero-order valence-corrected chi connectivity index (χ0v) is 19.8. The van der Waals surface area contributed by atoms with E-state index in [1.165, 1.54) is 0 Å². The first kappa shape index (κ1) is 22.4. The van der Waals surface area contributed by atoms with Crippen molar-refractivity contribution in [3.05, 3.63) is 111 Å². The van der Waals surface area contributed by atoms with Crippen LogP contribution in [0.1, 0.15) is 10.4 Å². The summed E-state index contributed by atoms with van der Waals surface area (Å²) < 4.78 is 0. The summed E-state index contributed by atoms with van der Waals surface area (Å²) in [5.41, 5.74) is 4.49. The number of fused-ring (bicyclic) bond motifs is 1. The van der Waals surface area contributed by atoms with Gasteiger partial charge < -0.3 is 10.4 Å². The Morgan fingerprint density at radius 1 is 0.914 bits per heavy atom. The van der Waals surface area contributed by atoms with Gasteiger partial charge in [0.05, 0.1) is 4.88 Å². The number of amides is 2. The normalized spacial score (nSPS) is 10.9. The number of carbonyl (C=O) groups excluding carboxylic acids is 1. The highest BCUT2D eigenvalue weighted by molar-refractivity contribution is 7.09. The maximum atomic E-state index is 12.9. The minimum atomic E-state index is -0.264. The molecule has 0 fully saturated rings. The van der Waals surface area contributed by atoms with E-state index in [1.807, 2.05) is 91.0 Å². The van der Waals surface area contributed by atoms with Crippen molar-refractivity contribution in [2.45, 2.75) is 6.42 Å². The number of hydrogen-bond acceptors (Lipinski definition) is 4. The Hall–Kier alpha value is -4.36. The molecule has 3 N–H and O–H groups in total. The Balaban J connectivity index is 1.30. The van der Waals surface area contributed by atoms with Crippen molar-refractivity contribution in [1.82, 2.24) is 4.98 Å². The second kappa shape index (κ2) is 9.48. The quantitative estimate of drug-likeness (QED) is 0.279. The van der Waals surface area contributed by atoms with Crippen LogP contribution in [0.5, 0.6) is 5.88 Å². The molecule has 35 heavy (non-hydrogen) atoms. The molecule has 0 spiro atoms. The topological polar surface area (TPSA) is 85.4 Å². The first-order valence-electron chi connectivity index (χ1n) is 11.1. The molecule has 0 aliphatic carbocycles. The van der Waals surface area contributed by atoms with Gasteiger partial charge in [-0.25, -0.2) is 4.79 Å². The van der Waals surface area contributed by atoms with Gasteiger partial charge in [0, 0.05) is 24.8 Å². The number of benzene rings is 4. The second-order valence-corrected chi connectivity index (χ2v) is 9.33. The lowest BCUT2D eigenvalue weighted by Gasteiger charge is -2.19. The molecule has 0 atom stereocenters. The Morgan fingerprint density at radius 2 is 1.69 bits per heavy atom. The van der Waals surface area contributed by atoms with Gasteiger partial charge in [-0.2, -0.15) is 0 Å². The van der Waals surface area contributed by atoms with Gasteiger partial charge in [0.15, 0.2) is 0 Å². The van der Waals surface area contributed by atoms with Crippen LogP contribution >= 0.6 is 11.3 Å². The lowest BCUT2D eigenvalue weighted by Crippen LogP contribution is -2.31. The van der Waals surface area contributed by atoms with Crippen LogP contribution in [0, 0.1) is 0 Å². The van der Waals surface area contributed by atoms with Gasteiger partial charge in [-0.1, -0.05) is 78.1 Å². The summed E-state index contributed by atoms with van der Waals surface area (Å²) in [6.07, 6.45) is 0.479. The maximum absolute atomic E-state index is 12.9. The molecule has 4 aromatic carbocycles.